The van der Waals surface area contributed by atoms with Crippen LogP contribution < -0.4 is 10.5 Å². The van der Waals surface area contributed by atoms with Crippen LogP contribution in [-0.2, 0) is 19.8 Å². The molecule has 4 atom stereocenters. The summed E-state index contributed by atoms with van der Waals surface area (Å²) in [6.07, 6.45) is -2.46. The van der Waals surface area contributed by atoms with Crippen molar-refractivity contribution in [3.05, 3.63) is 95.1 Å². The molecular weight excluding hydrogens is 602 g/mol. The highest BCUT2D eigenvalue weighted by molar-refractivity contribution is 5.99. The molecule has 5 heterocycles. The molecule has 8 rings (SSSR count). The van der Waals surface area contributed by atoms with Crippen molar-refractivity contribution >= 4 is 28.9 Å². The van der Waals surface area contributed by atoms with Crippen molar-refractivity contribution in [1.29, 1.82) is 0 Å². The number of aliphatic hydroxyl groups excluding tert-OH is 2. The van der Waals surface area contributed by atoms with Gasteiger partial charge < -0.3 is 45.1 Å². The molecule has 15 nitrogen and oxygen atoms in total. The number of benzene rings is 3. The number of nitrogens with zero attached hydrogens (tertiary/aromatic N) is 4. The molecule has 3 aliphatic heterocycles. The molecule has 232 valence electrons. The van der Waals surface area contributed by atoms with Crippen molar-refractivity contribution in [2.24, 2.45) is 0 Å². The van der Waals surface area contributed by atoms with Crippen molar-refractivity contribution < 1.29 is 49.0 Å². The number of carbonyl (C=O) groups excluding carboxylic acids is 2. The fraction of sp³-hybridized carbons (Fsp3) is 0.194. The third-order valence-corrected chi connectivity index (χ3v) is 8.39. The van der Waals surface area contributed by atoms with E-state index in [0.29, 0.717) is 22.2 Å². The number of ether oxygens (including phenoxy) is 4. The van der Waals surface area contributed by atoms with Gasteiger partial charge in [0, 0.05) is 28.8 Å². The van der Waals surface area contributed by atoms with E-state index >= 15 is 0 Å². The number of rotatable bonds is 4. The Balaban J connectivity index is 1.09. The van der Waals surface area contributed by atoms with E-state index in [-0.39, 0.29) is 45.6 Å². The van der Waals surface area contributed by atoms with Crippen LogP contribution in [0.5, 0.6) is 23.0 Å². The minimum Gasteiger partial charge on any atom is -0.508 e. The van der Waals surface area contributed by atoms with E-state index in [1.54, 1.807) is 12.1 Å². The second-order valence-corrected chi connectivity index (χ2v) is 11.0. The fourth-order valence-electron chi connectivity index (χ4n) is 6.22. The Hall–Kier alpha value is -5.77. The second kappa shape index (κ2) is 9.87. The minimum atomic E-state index is -1.57. The first-order chi connectivity index (χ1) is 22.2. The van der Waals surface area contributed by atoms with Crippen LogP contribution in [-0.4, -0.2) is 76.8 Å². The molecule has 1 spiro atoms. The van der Waals surface area contributed by atoms with Gasteiger partial charge in [-0.1, -0.05) is 0 Å². The van der Waals surface area contributed by atoms with Crippen molar-refractivity contribution in [3.8, 4) is 23.0 Å². The summed E-state index contributed by atoms with van der Waals surface area (Å²) in [4.78, 5) is 38.7. The highest BCUT2D eigenvalue weighted by Crippen LogP contribution is 2.57. The summed E-state index contributed by atoms with van der Waals surface area (Å²) in [5.41, 5.74) is 6.20. The fourth-order valence-corrected chi connectivity index (χ4v) is 6.22. The van der Waals surface area contributed by atoms with Crippen LogP contribution in [0, 0.1) is 0 Å². The van der Waals surface area contributed by atoms with Gasteiger partial charge in [-0.2, -0.15) is 0 Å². The number of aromatic nitrogens is 4. The SMILES string of the molecule is Nc1ncnc2c1ncn2[C@@H]1O[C@H](COC(=O)c2ccc3c(c2)C2(OC3=O)c3ccc(O)cc3Oc3cc(O)ccc32)[C@@H](O)[C@H]1O. The maximum atomic E-state index is 13.4. The average molecular weight is 626 g/mol. The van der Waals surface area contributed by atoms with E-state index in [0.717, 1.165) is 0 Å². The lowest BCUT2D eigenvalue weighted by atomic mass is 9.77. The number of anilines is 1. The van der Waals surface area contributed by atoms with Gasteiger partial charge in [0.15, 0.2) is 23.3 Å². The predicted molar refractivity (Wildman–Crippen MR) is 154 cm³/mol. The Morgan fingerprint density at radius 1 is 0.935 bits per heavy atom. The molecule has 0 amide bonds. The number of hydrogen-bond donors (Lipinski definition) is 5. The molecule has 3 aliphatic rings. The molecule has 3 aromatic carbocycles. The molecule has 15 heteroatoms. The van der Waals surface area contributed by atoms with Crippen LogP contribution in [0.3, 0.4) is 0 Å². The normalized spacial score (nSPS) is 22.2. The zero-order valence-electron chi connectivity index (χ0n) is 23.5. The van der Waals surface area contributed by atoms with Crippen LogP contribution in [0.25, 0.3) is 11.2 Å². The Morgan fingerprint density at radius 3 is 2.37 bits per heavy atom. The van der Waals surface area contributed by atoms with Gasteiger partial charge in [0.05, 0.1) is 17.5 Å². The smallest absolute Gasteiger partial charge is 0.340 e. The maximum absolute atomic E-state index is 13.4. The monoisotopic (exact) mass is 625 g/mol. The lowest BCUT2D eigenvalue weighted by Gasteiger charge is -2.36. The standard InChI is InChI=1S/C31H23N5O10/c32-26-23-27(34-11-33-26)36(12-35-23)28-25(40)24(39)22(45-28)10-43-29(41)13-1-4-16-19(7-13)31(46-30(16)42)17-5-2-14(37)8-20(17)44-21-9-15(38)3-6-18(21)31/h1-9,11-12,22,24-25,28,37-40H,10H2,(H2,32,33,34)/t22-,24-,25-,28-/m1/s1. The van der Waals surface area contributed by atoms with Gasteiger partial charge in [-0.25, -0.2) is 24.5 Å². The number of nitrogen functional groups attached to an aromatic ring is 1. The molecule has 1 fully saturated rings. The third kappa shape index (κ3) is 3.92. The second-order valence-electron chi connectivity index (χ2n) is 11.0. The van der Waals surface area contributed by atoms with Gasteiger partial charge >= 0.3 is 11.9 Å². The Kier molecular flexibility index (Phi) is 5.95. The van der Waals surface area contributed by atoms with Gasteiger partial charge in [0.2, 0.25) is 0 Å². The number of carbonyl (C=O) groups is 2. The van der Waals surface area contributed by atoms with Crippen LogP contribution in [0.15, 0.2) is 67.3 Å². The maximum Gasteiger partial charge on any atom is 0.340 e. The van der Waals surface area contributed by atoms with E-state index in [1.807, 2.05) is 0 Å². The molecule has 0 bridgehead atoms. The average Bonchev–Trinajstić information content (AvgIpc) is 3.68. The largest absolute Gasteiger partial charge is 0.508 e. The number of aromatic hydroxyl groups is 2. The first-order valence-corrected chi connectivity index (χ1v) is 14.0. The molecule has 5 aromatic rings. The summed E-state index contributed by atoms with van der Waals surface area (Å²) in [5.74, 6) is -1.14. The molecule has 0 unspecified atom stereocenters. The number of aliphatic hydroxyl groups is 2. The third-order valence-electron chi connectivity index (χ3n) is 8.39. The van der Waals surface area contributed by atoms with E-state index in [2.05, 4.69) is 15.0 Å². The minimum absolute atomic E-state index is 0.0564. The Bertz CT molecular complexity index is 2050. The summed E-state index contributed by atoms with van der Waals surface area (Å²) in [6.45, 7) is -0.424. The van der Waals surface area contributed by atoms with Gasteiger partial charge in [-0.3, -0.25) is 4.57 Å². The lowest BCUT2D eigenvalue weighted by Crippen LogP contribution is -2.34. The summed E-state index contributed by atoms with van der Waals surface area (Å²) >= 11 is 0. The van der Waals surface area contributed by atoms with E-state index in [4.69, 9.17) is 24.7 Å². The van der Waals surface area contributed by atoms with Crippen LogP contribution in [0.4, 0.5) is 5.82 Å². The van der Waals surface area contributed by atoms with Crippen molar-refractivity contribution in [3.63, 3.8) is 0 Å². The van der Waals surface area contributed by atoms with Crippen LogP contribution in [0.2, 0.25) is 0 Å². The van der Waals surface area contributed by atoms with Crippen LogP contribution in [0.1, 0.15) is 43.6 Å². The van der Waals surface area contributed by atoms with Crippen molar-refractivity contribution in [2.75, 3.05) is 12.3 Å². The number of hydrogen-bond acceptors (Lipinski definition) is 14. The topological polar surface area (TPSA) is 222 Å². The molecule has 0 radical (unpaired) electrons. The highest BCUT2D eigenvalue weighted by Gasteiger charge is 2.54. The van der Waals surface area contributed by atoms with Crippen molar-refractivity contribution in [1.82, 2.24) is 19.5 Å². The van der Waals surface area contributed by atoms with Gasteiger partial charge in [-0.15, -0.1) is 0 Å². The summed E-state index contributed by atoms with van der Waals surface area (Å²) in [6, 6.07) is 13.0. The molecule has 46 heavy (non-hydrogen) atoms. The highest BCUT2D eigenvalue weighted by atomic mass is 16.6. The summed E-state index contributed by atoms with van der Waals surface area (Å²) in [7, 11) is 0. The number of phenolic OH excluding ortho intramolecular Hbond substituents is 2. The number of phenols is 2. The number of imidazole rings is 1. The number of esters is 2. The lowest BCUT2D eigenvalue weighted by molar-refractivity contribution is -0.0565. The molecule has 0 aliphatic carbocycles. The Morgan fingerprint density at radius 2 is 1.65 bits per heavy atom. The van der Waals surface area contributed by atoms with E-state index in [1.165, 1.54) is 59.7 Å². The number of fused-ring (bicyclic) bond motifs is 7. The zero-order chi connectivity index (χ0) is 31.9. The van der Waals surface area contributed by atoms with Gasteiger partial charge in [-0.05, 0) is 42.5 Å². The van der Waals surface area contributed by atoms with E-state index in [9.17, 15) is 30.0 Å². The number of nitrogens with two attached hydrogens (primary N) is 1. The molecule has 1 saturated heterocycles. The Labute approximate surface area is 258 Å². The van der Waals surface area contributed by atoms with Gasteiger partial charge in [0.1, 0.15) is 59.8 Å². The summed E-state index contributed by atoms with van der Waals surface area (Å²) in [5, 5.41) is 41.8. The molecular formula is C31H23N5O10. The molecule has 6 N–H and O–H groups in total. The summed E-state index contributed by atoms with van der Waals surface area (Å²) < 4.78 is 24.8. The van der Waals surface area contributed by atoms with Crippen molar-refractivity contribution in [2.45, 2.75) is 30.1 Å². The van der Waals surface area contributed by atoms with Crippen LogP contribution >= 0.6 is 0 Å². The quantitative estimate of drug-likeness (QED) is 0.180. The van der Waals surface area contributed by atoms with E-state index < -0.39 is 48.7 Å². The molecule has 0 saturated carbocycles. The predicted octanol–water partition coefficient (Wildman–Crippen LogP) is 1.86. The zero-order valence-corrected chi connectivity index (χ0v) is 23.5. The first-order valence-electron chi connectivity index (χ1n) is 14.0. The molecule has 2 aromatic heterocycles. The first kappa shape index (κ1) is 27.8. The van der Waals surface area contributed by atoms with Gasteiger partial charge in [0.25, 0.3) is 0 Å².